The minimum Gasteiger partial charge on any atom is -0.351 e. The van der Waals surface area contributed by atoms with Crippen LogP contribution in [0.5, 0.6) is 0 Å². The van der Waals surface area contributed by atoms with E-state index in [1.54, 1.807) is 16.8 Å². The number of likely N-dealkylation sites (tertiary alicyclic amines) is 2. The van der Waals surface area contributed by atoms with E-state index >= 15 is 0 Å². The largest absolute Gasteiger partial charge is 0.351 e. The van der Waals surface area contributed by atoms with Crippen molar-refractivity contribution in [2.45, 2.75) is 249 Å². The fraction of sp³-hybridized carbons (Fsp3) is 0.697. The highest BCUT2D eigenvalue weighted by molar-refractivity contribution is 5.95. The van der Waals surface area contributed by atoms with E-state index in [-0.39, 0.29) is 103 Å². The summed E-state index contributed by atoms with van der Waals surface area (Å²) < 4.78 is 0. The van der Waals surface area contributed by atoms with E-state index in [1.807, 2.05) is 45.0 Å². The van der Waals surface area contributed by atoms with Gasteiger partial charge in [0.2, 0.25) is 41.4 Å². The van der Waals surface area contributed by atoms with Crippen molar-refractivity contribution in [3.8, 4) is 0 Å². The highest BCUT2D eigenvalue weighted by Gasteiger charge is 2.47. The molecule has 7 amide bonds. The molecule has 2 saturated heterocycles. The monoisotopic (exact) mass is 1130 g/mol. The van der Waals surface area contributed by atoms with Gasteiger partial charge >= 0.3 is 0 Å². The van der Waals surface area contributed by atoms with Crippen LogP contribution in [0, 0.1) is 23.7 Å². The van der Waals surface area contributed by atoms with Crippen LogP contribution in [0.25, 0.3) is 0 Å². The predicted octanol–water partition coefficient (Wildman–Crippen LogP) is 8.54. The number of unbranched alkanes of at least 4 members (excludes halogenated alkanes) is 5. The highest BCUT2D eigenvalue weighted by Crippen LogP contribution is 2.37. The third-order valence-electron chi connectivity index (χ3n) is 19.6. The Labute approximate surface area is 488 Å². The number of ketones is 1. The summed E-state index contributed by atoms with van der Waals surface area (Å²) in [6.07, 6.45) is 22.0. The lowest BCUT2D eigenvalue weighted by molar-refractivity contribution is -0.145. The van der Waals surface area contributed by atoms with Gasteiger partial charge in [0.1, 0.15) is 23.9 Å². The molecule has 0 bridgehead atoms. The van der Waals surface area contributed by atoms with Gasteiger partial charge in [0.15, 0.2) is 0 Å². The maximum atomic E-state index is 14.8. The van der Waals surface area contributed by atoms with E-state index in [0.717, 1.165) is 140 Å². The SMILES string of the molecule is CC[C@@H](C)C(=O)N[C@H](C(=O)N1C[C@@H](NC(=O)CCCCCCCCC(=O)N[C@H]2C[C@@H](C(=O)N[C@@H]3CCCc4ccccc43)N(C(=O)[C@@H](CC(=O)[C@H](C)NC)C3CCCCC3)C2)C[C@H]1C(=O)N[C@@H]1CCCc2ccccc21)C1CCCCC1. The van der Waals surface area contributed by atoms with Crippen LogP contribution in [-0.4, -0.2) is 113 Å². The third kappa shape index (κ3) is 16.6. The summed E-state index contributed by atoms with van der Waals surface area (Å²) in [4.78, 5) is 116. The Balaban J connectivity index is 0.811. The van der Waals surface area contributed by atoms with Crippen LogP contribution in [0.2, 0.25) is 0 Å². The number of rotatable bonds is 26. The molecule has 2 aromatic rings. The molecule has 2 aliphatic heterocycles. The summed E-state index contributed by atoms with van der Waals surface area (Å²) in [7, 11) is 1.75. The average Bonchev–Trinajstić information content (AvgIpc) is 4.15. The van der Waals surface area contributed by atoms with Gasteiger partial charge in [-0.3, -0.25) is 38.4 Å². The smallest absolute Gasteiger partial charge is 0.246 e. The predicted molar refractivity (Wildman–Crippen MR) is 318 cm³/mol. The second kappa shape index (κ2) is 30.8. The molecule has 0 spiro atoms. The molecule has 16 nitrogen and oxygen atoms in total. The lowest BCUT2D eigenvalue weighted by Gasteiger charge is -2.35. The topological polar surface area (TPSA) is 215 Å². The zero-order valence-corrected chi connectivity index (χ0v) is 49.9. The first-order valence-electron chi connectivity index (χ1n) is 32.2. The molecule has 2 saturated carbocycles. The second-order valence-electron chi connectivity index (χ2n) is 25.3. The van der Waals surface area contributed by atoms with Crippen LogP contribution in [0.15, 0.2) is 48.5 Å². The Bertz CT molecular complexity index is 2340. The molecule has 82 heavy (non-hydrogen) atoms. The maximum absolute atomic E-state index is 14.8. The van der Waals surface area contributed by atoms with Crippen molar-refractivity contribution in [2.24, 2.45) is 23.7 Å². The Morgan fingerprint density at radius 3 is 1.50 bits per heavy atom. The number of aryl methyl sites for hydroxylation is 2. The van der Waals surface area contributed by atoms with Gasteiger partial charge in [0.25, 0.3) is 0 Å². The van der Waals surface area contributed by atoms with Crippen molar-refractivity contribution in [2.75, 3.05) is 20.1 Å². The Hall–Kier alpha value is -5.64. The first-order chi connectivity index (χ1) is 39.7. The van der Waals surface area contributed by atoms with Gasteiger partial charge in [-0.1, -0.05) is 127 Å². The summed E-state index contributed by atoms with van der Waals surface area (Å²) in [6, 6.07) is 12.6. The Kier molecular flexibility index (Phi) is 23.4. The number of amides is 7. The van der Waals surface area contributed by atoms with Crippen LogP contribution in [0.3, 0.4) is 0 Å². The number of carbonyl (C=O) groups excluding carboxylic acids is 8. The van der Waals surface area contributed by atoms with Crippen LogP contribution in [0.4, 0.5) is 0 Å². The van der Waals surface area contributed by atoms with Gasteiger partial charge in [-0.25, -0.2) is 0 Å². The van der Waals surface area contributed by atoms with Gasteiger partial charge < -0.3 is 41.7 Å². The minimum atomic E-state index is -0.787. The van der Waals surface area contributed by atoms with E-state index in [2.05, 4.69) is 56.2 Å². The lowest BCUT2D eigenvalue weighted by atomic mass is 9.76. The number of likely N-dealkylation sites (N-methyl/N-ethyl adjacent to an activating group) is 1. The number of nitrogens with one attached hydrogen (secondary N) is 6. The number of fused-ring (bicyclic) bond motifs is 2. The first-order valence-corrected chi connectivity index (χ1v) is 32.2. The fourth-order valence-electron chi connectivity index (χ4n) is 14.4. The van der Waals surface area contributed by atoms with E-state index in [0.29, 0.717) is 44.9 Å². The van der Waals surface area contributed by atoms with E-state index < -0.39 is 36.1 Å². The summed E-state index contributed by atoms with van der Waals surface area (Å²) >= 11 is 0. The first kappa shape index (κ1) is 62.4. The van der Waals surface area contributed by atoms with Crippen molar-refractivity contribution in [1.29, 1.82) is 0 Å². The minimum absolute atomic E-state index is 0.00905. The molecule has 0 unspecified atom stereocenters. The molecule has 2 aromatic carbocycles. The van der Waals surface area contributed by atoms with Crippen molar-refractivity contribution < 1.29 is 38.4 Å². The standard InChI is InChI=1S/C66H98N8O8/c1-5-43(2)62(78)72-61(48-28-14-11-15-29-48)66(82)74-42-50(39-57(74)64(80)71-55-35-23-31-46-27-19-21-33-52(46)55)69-60(77)37-17-9-7-6-8-16-36-59(76)68-49-38-56(63(79)70-54-34-22-30-45-26-18-20-32-51(45)54)73(41-49)65(81)53(40-58(75)44(3)67-4)47-24-12-10-13-25-47/h18-21,26-27,32-33,43-44,47-50,53-57,61,67H,5-17,22-25,28-31,34-42H2,1-4H3,(H,68,76)(H,69,77)(H,70,79)(H,71,80)(H,72,78)/t43-,44+,49+,50+,53+,54-,55-,56+,57+,61+/m1/s1. The van der Waals surface area contributed by atoms with Crippen LogP contribution in [-0.2, 0) is 51.2 Å². The quantitative estimate of drug-likeness (QED) is 0.0497. The zero-order valence-electron chi connectivity index (χ0n) is 49.9. The zero-order chi connectivity index (χ0) is 58.1. The molecular formula is C66H98N8O8. The van der Waals surface area contributed by atoms with Crippen molar-refractivity contribution in [1.82, 2.24) is 41.7 Å². The maximum Gasteiger partial charge on any atom is 0.246 e. The summed E-state index contributed by atoms with van der Waals surface area (Å²) in [5.74, 6) is -1.93. The van der Waals surface area contributed by atoms with Gasteiger partial charge in [-0.15, -0.1) is 0 Å². The van der Waals surface area contributed by atoms with Crippen molar-refractivity contribution >= 4 is 47.1 Å². The normalized spacial score (nSPS) is 24.4. The van der Waals surface area contributed by atoms with Gasteiger partial charge in [-0.05, 0) is 144 Å². The van der Waals surface area contributed by atoms with E-state index in [9.17, 15) is 38.4 Å². The summed E-state index contributed by atoms with van der Waals surface area (Å²) in [5.41, 5.74) is 4.68. The number of carbonyl (C=O) groups is 8. The average molecular weight is 1130 g/mol. The molecular weight excluding hydrogens is 1030 g/mol. The second-order valence-corrected chi connectivity index (χ2v) is 25.3. The molecule has 2 heterocycles. The number of benzene rings is 2. The van der Waals surface area contributed by atoms with E-state index in [4.69, 9.17) is 0 Å². The summed E-state index contributed by atoms with van der Waals surface area (Å²) in [6.45, 7) is 6.08. The van der Waals surface area contributed by atoms with Gasteiger partial charge in [-0.2, -0.15) is 0 Å². The molecule has 4 fully saturated rings. The van der Waals surface area contributed by atoms with Crippen molar-refractivity contribution in [3.63, 3.8) is 0 Å². The van der Waals surface area contributed by atoms with E-state index in [1.165, 1.54) is 11.1 Å². The Morgan fingerprint density at radius 2 is 1.01 bits per heavy atom. The highest BCUT2D eigenvalue weighted by atomic mass is 16.2. The molecule has 6 aliphatic rings. The van der Waals surface area contributed by atoms with Crippen LogP contribution in [0.1, 0.15) is 222 Å². The number of nitrogens with zero attached hydrogens (tertiary/aromatic N) is 2. The molecule has 10 atom stereocenters. The van der Waals surface area contributed by atoms with Crippen molar-refractivity contribution in [3.05, 3.63) is 70.8 Å². The van der Waals surface area contributed by atoms with Gasteiger partial charge in [0.05, 0.1) is 18.1 Å². The fourth-order valence-corrected chi connectivity index (χ4v) is 14.4. The third-order valence-corrected chi connectivity index (χ3v) is 19.6. The molecule has 450 valence electrons. The Morgan fingerprint density at radius 1 is 0.549 bits per heavy atom. The van der Waals surface area contributed by atoms with Crippen LogP contribution < -0.4 is 31.9 Å². The van der Waals surface area contributed by atoms with Gasteiger partial charge in [0, 0.05) is 56.3 Å². The molecule has 4 aliphatic carbocycles. The molecule has 16 heteroatoms. The molecule has 8 rings (SSSR count). The molecule has 0 radical (unpaired) electrons. The molecule has 6 N–H and O–H groups in total. The number of hydrogen-bond acceptors (Lipinski definition) is 9. The number of Topliss-reactive ketones (excluding diaryl/α,β-unsaturated/α-hetero) is 1. The summed E-state index contributed by atoms with van der Waals surface area (Å²) in [5, 5.41) is 19.2. The molecule has 0 aromatic heterocycles. The lowest BCUT2D eigenvalue weighted by Crippen LogP contribution is -2.57. The number of hydrogen-bond donors (Lipinski definition) is 6. The van der Waals surface area contributed by atoms with Crippen LogP contribution >= 0.6 is 0 Å².